The molecule has 0 aromatic heterocycles. The van der Waals surface area contributed by atoms with Crippen molar-refractivity contribution in [3.05, 3.63) is 0 Å². The number of hydrogen-bond acceptors (Lipinski definition) is 4. The minimum atomic E-state index is -3.12. The fourth-order valence-corrected chi connectivity index (χ4v) is 6.21. The topological polar surface area (TPSA) is 74.8 Å². The molecule has 3 unspecified atom stereocenters. The highest BCUT2D eigenvalue weighted by molar-refractivity contribution is 7.91. The molecule has 3 aliphatic heterocycles. The standard InChI is InChI=1S/C14H22N2O4S/c1-3-10-12(17)15-7-4-5-11(15)13(18)16(10)14(2)6-8-21(19,20)9-14/h10-11H,3-9H2,1-2H3. The summed E-state index contributed by atoms with van der Waals surface area (Å²) in [6.45, 7) is 4.34. The Balaban J connectivity index is 1.99. The van der Waals surface area contributed by atoms with E-state index >= 15 is 0 Å². The van der Waals surface area contributed by atoms with Gasteiger partial charge in [0, 0.05) is 6.54 Å². The highest BCUT2D eigenvalue weighted by Crippen LogP contribution is 2.37. The van der Waals surface area contributed by atoms with E-state index in [-0.39, 0.29) is 29.4 Å². The Bertz CT molecular complexity index is 588. The van der Waals surface area contributed by atoms with E-state index in [1.54, 1.807) is 9.80 Å². The van der Waals surface area contributed by atoms with Gasteiger partial charge in [-0.05, 0) is 32.6 Å². The lowest BCUT2D eigenvalue weighted by atomic mass is 9.91. The number of nitrogens with zero attached hydrogens (tertiary/aromatic N) is 2. The molecule has 3 rings (SSSR count). The largest absolute Gasteiger partial charge is 0.329 e. The summed E-state index contributed by atoms with van der Waals surface area (Å²) in [6.07, 6.45) is 2.50. The monoisotopic (exact) mass is 314 g/mol. The van der Waals surface area contributed by atoms with Crippen molar-refractivity contribution >= 4 is 21.7 Å². The van der Waals surface area contributed by atoms with Gasteiger partial charge in [0.1, 0.15) is 12.1 Å². The van der Waals surface area contributed by atoms with Crippen LogP contribution in [0.2, 0.25) is 0 Å². The summed E-state index contributed by atoms with van der Waals surface area (Å²) in [5.74, 6) is 0.0119. The molecule has 3 aliphatic rings. The van der Waals surface area contributed by atoms with Crippen LogP contribution in [0.1, 0.15) is 39.5 Å². The van der Waals surface area contributed by atoms with Crippen LogP contribution in [-0.2, 0) is 19.4 Å². The Morgan fingerprint density at radius 1 is 1.29 bits per heavy atom. The lowest BCUT2D eigenvalue weighted by molar-refractivity contribution is -0.165. The summed E-state index contributed by atoms with van der Waals surface area (Å²) in [5, 5.41) is 0. The van der Waals surface area contributed by atoms with Gasteiger partial charge in [-0.25, -0.2) is 8.42 Å². The average molecular weight is 314 g/mol. The first-order valence-electron chi connectivity index (χ1n) is 7.63. The maximum absolute atomic E-state index is 12.9. The number of carbonyl (C=O) groups excluding carboxylic acids is 2. The van der Waals surface area contributed by atoms with Crippen molar-refractivity contribution in [2.75, 3.05) is 18.1 Å². The van der Waals surface area contributed by atoms with Crippen LogP contribution in [0.15, 0.2) is 0 Å². The molecule has 0 saturated carbocycles. The van der Waals surface area contributed by atoms with Crippen LogP contribution >= 0.6 is 0 Å². The molecular weight excluding hydrogens is 292 g/mol. The number of sulfone groups is 1. The maximum Gasteiger partial charge on any atom is 0.246 e. The van der Waals surface area contributed by atoms with Gasteiger partial charge in [0.2, 0.25) is 11.8 Å². The number of amides is 2. The molecule has 21 heavy (non-hydrogen) atoms. The molecule has 0 aromatic carbocycles. The van der Waals surface area contributed by atoms with Gasteiger partial charge in [0.05, 0.1) is 17.0 Å². The molecule has 118 valence electrons. The lowest BCUT2D eigenvalue weighted by Gasteiger charge is -2.49. The molecule has 2 amide bonds. The fraction of sp³-hybridized carbons (Fsp3) is 0.857. The van der Waals surface area contributed by atoms with Crippen molar-refractivity contribution in [3.8, 4) is 0 Å². The van der Waals surface area contributed by atoms with Crippen molar-refractivity contribution in [3.63, 3.8) is 0 Å². The van der Waals surface area contributed by atoms with Gasteiger partial charge in [-0.2, -0.15) is 0 Å². The third kappa shape index (κ3) is 2.17. The quantitative estimate of drug-likeness (QED) is 0.728. The molecule has 3 saturated heterocycles. The molecule has 7 heteroatoms. The molecule has 0 spiro atoms. The van der Waals surface area contributed by atoms with E-state index in [9.17, 15) is 18.0 Å². The molecule has 3 heterocycles. The summed E-state index contributed by atoms with van der Waals surface area (Å²) in [7, 11) is -3.12. The van der Waals surface area contributed by atoms with E-state index < -0.39 is 21.4 Å². The van der Waals surface area contributed by atoms with Crippen LogP contribution in [-0.4, -0.2) is 65.7 Å². The molecule has 0 bridgehead atoms. The van der Waals surface area contributed by atoms with Crippen molar-refractivity contribution in [1.82, 2.24) is 9.80 Å². The Morgan fingerprint density at radius 2 is 2.00 bits per heavy atom. The molecule has 6 nitrogen and oxygen atoms in total. The van der Waals surface area contributed by atoms with Gasteiger partial charge < -0.3 is 9.80 Å². The first kappa shape index (κ1) is 14.8. The average Bonchev–Trinajstić information content (AvgIpc) is 2.99. The Hall–Kier alpha value is -1.11. The molecule has 0 N–H and O–H groups in total. The van der Waals surface area contributed by atoms with Crippen LogP contribution in [0.4, 0.5) is 0 Å². The van der Waals surface area contributed by atoms with E-state index in [2.05, 4.69) is 0 Å². The summed E-state index contributed by atoms with van der Waals surface area (Å²) in [4.78, 5) is 28.8. The maximum atomic E-state index is 12.9. The first-order chi connectivity index (χ1) is 9.79. The zero-order valence-electron chi connectivity index (χ0n) is 12.5. The van der Waals surface area contributed by atoms with Crippen LogP contribution in [0.25, 0.3) is 0 Å². The minimum absolute atomic E-state index is 0.00915. The van der Waals surface area contributed by atoms with E-state index in [1.807, 2.05) is 13.8 Å². The van der Waals surface area contributed by atoms with Crippen molar-refractivity contribution in [2.24, 2.45) is 0 Å². The van der Waals surface area contributed by atoms with Crippen molar-refractivity contribution in [1.29, 1.82) is 0 Å². The van der Waals surface area contributed by atoms with Crippen LogP contribution in [0, 0.1) is 0 Å². The van der Waals surface area contributed by atoms with Gasteiger partial charge in [0.25, 0.3) is 0 Å². The Morgan fingerprint density at radius 3 is 2.57 bits per heavy atom. The third-order valence-electron chi connectivity index (χ3n) is 5.11. The second-order valence-electron chi connectivity index (χ2n) is 6.66. The van der Waals surface area contributed by atoms with Gasteiger partial charge in [-0.3, -0.25) is 9.59 Å². The predicted molar refractivity (Wildman–Crippen MR) is 77.3 cm³/mol. The molecule has 0 radical (unpaired) electrons. The van der Waals surface area contributed by atoms with Gasteiger partial charge >= 0.3 is 0 Å². The molecule has 3 fully saturated rings. The predicted octanol–water partition coefficient (Wildman–Crippen LogP) is 0.175. The summed E-state index contributed by atoms with van der Waals surface area (Å²) >= 11 is 0. The molecule has 0 aliphatic carbocycles. The Kier molecular flexibility index (Phi) is 3.31. The third-order valence-corrected chi connectivity index (χ3v) is 6.99. The summed E-state index contributed by atoms with van der Waals surface area (Å²) in [6, 6.07) is -0.884. The van der Waals surface area contributed by atoms with Gasteiger partial charge in [-0.15, -0.1) is 0 Å². The van der Waals surface area contributed by atoms with Crippen molar-refractivity contribution in [2.45, 2.75) is 57.2 Å². The van der Waals surface area contributed by atoms with E-state index in [0.29, 0.717) is 25.8 Å². The van der Waals surface area contributed by atoms with Crippen LogP contribution < -0.4 is 0 Å². The summed E-state index contributed by atoms with van der Waals surface area (Å²) in [5.41, 5.74) is -0.735. The normalized spacial score (nSPS) is 39.0. The zero-order valence-corrected chi connectivity index (χ0v) is 13.4. The fourth-order valence-electron chi connectivity index (χ4n) is 4.09. The van der Waals surface area contributed by atoms with E-state index in [4.69, 9.17) is 0 Å². The number of rotatable bonds is 2. The SMILES string of the molecule is CCC1C(=O)N2CCCC2C(=O)N1C1(C)CCS(=O)(=O)C1. The molecular formula is C14H22N2O4S. The zero-order chi connectivity index (χ0) is 15.4. The van der Waals surface area contributed by atoms with Gasteiger partial charge in [-0.1, -0.05) is 6.92 Å². The van der Waals surface area contributed by atoms with E-state index in [0.717, 1.165) is 6.42 Å². The number of piperazine rings is 1. The number of carbonyl (C=O) groups is 2. The van der Waals surface area contributed by atoms with Gasteiger partial charge in [0.15, 0.2) is 9.84 Å². The number of hydrogen-bond donors (Lipinski definition) is 0. The van der Waals surface area contributed by atoms with Crippen LogP contribution in [0.5, 0.6) is 0 Å². The Labute approximate surface area is 125 Å². The first-order valence-corrected chi connectivity index (χ1v) is 9.45. The lowest BCUT2D eigenvalue weighted by Crippen LogP contribution is -2.68. The highest BCUT2D eigenvalue weighted by atomic mass is 32.2. The summed E-state index contributed by atoms with van der Waals surface area (Å²) < 4.78 is 23.7. The smallest absolute Gasteiger partial charge is 0.246 e. The van der Waals surface area contributed by atoms with Crippen LogP contribution in [0.3, 0.4) is 0 Å². The second kappa shape index (κ2) is 4.69. The minimum Gasteiger partial charge on any atom is -0.329 e. The number of fused-ring (bicyclic) bond motifs is 1. The molecule has 0 aromatic rings. The van der Waals surface area contributed by atoms with Crippen molar-refractivity contribution < 1.29 is 18.0 Å². The van der Waals surface area contributed by atoms with E-state index in [1.165, 1.54) is 0 Å². The highest BCUT2D eigenvalue weighted by Gasteiger charge is 2.55. The molecule has 3 atom stereocenters. The second-order valence-corrected chi connectivity index (χ2v) is 8.84.